The Morgan fingerprint density at radius 1 is 1.15 bits per heavy atom. The van der Waals surface area contributed by atoms with Gasteiger partial charge in [0.05, 0.1) is 5.69 Å². The van der Waals surface area contributed by atoms with Crippen molar-refractivity contribution in [1.82, 2.24) is 20.4 Å². The Morgan fingerprint density at radius 3 is 2.35 bits per heavy atom. The van der Waals surface area contributed by atoms with Crippen LogP contribution < -0.4 is 10.6 Å². The summed E-state index contributed by atoms with van der Waals surface area (Å²) in [6, 6.07) is 10.6. The SMILES string of the molecule is CN=C(NCCc1c(C)nn(C)c1C)NCC(C)(C)c1ccccc1.I. The summed E-state index contributed by atoms with van der Waals surface area (Å²) >= 11 is 0. The first-order chi connectivity index (χ1) is 11.8. The quantitative estimate of drug-likeness (QED) is 0.388. The summed E-state index contributed by atoms with van der Waals surface area (Å²) in [5.41, 5.74) is 5.01. The van der Waals surface area contributed by atoms with Crippen LogP contribution >= 0.6 is 24.0 Å². The number of aromatic nitrogens is 2. The third-order valence-corrected chi connectivity index (χ3v) is 4.80. The van der Waals surface area contributed by atoms with Crippen LogP contribution in [-0.4, -0.2) is 35.9 Å². The predicted octanol–water partition coefficient (Wildman–Crippen LogP) is 3.34. The van der Waals surface area contributed by atoms with Crippen LogP contribution in [0, 0.1) is 13.8 Å². The number of halogens is 1. The third kappa shape index (κ3) is 5.72. The van der Waals surface area contributed by atoms with Crippen molar-refractivity contribution >= 4 is 29.9 Å². The van der Waals surface area contributed by atoms with Crippen molar-refractivity contribution in [3.05, 3.63) is 52.8 Å². The van der Waals surface area contributed by atoms with Gasteiger partial charge in [0, 0.05) is 38.3 Å². The highest BCUT2D eigenvalue weighted by molar-refractivity contribution is 14.0. The van der Waals surface area contributed by atoms with Crippen molar-refractivity contribution in [2.24, 2.45) is 12.0 Å². The van der Waals surface area contributed by atoms with Gasteiger partial charge >= 0.3 is 0 Å². The Bertz CT molecular complexity index is 719. The van der Waals surface area contributed by atoms with E-state index in [0.29, 0.717) is 0 Å². The second-order valence-corrected chi connectivity index (χ2v) is 7.13. The standard InChI is InChI=1S/C20H31N5.HI/c1-15-18(16(2)25(6)24-15)12-13-22-19(21-5)23-14-20(3,4)17-10-8-7-9-11-17;/h7-11H,12-14H2,1-6H3,(H2,21,22,23);1H. The van der Waals surface area contributed by atoms with Gasteiger partial charge in [-0.05, 0) is 31.4 Å². The van der Waals surface area contributed by atoms with Gasteiger partial charge in [-0.1, -0.05) is 44.2 Å². The maximum absolute atomic E-state index is 4.47. The van der Waals surface area contributed by atoms with Gasteiger partial charge in [-0.2, -0.15) is 5.10 Å². The molecule has 0 spiro atoms. The normalized spacial score (nSPS) is 11.8. The zero-order chi connectivity index (χ0) is 18.4. The average molecular weight is 469 g/mol. The van der Waals surface area contributed by atoms with E-state index in [0.717, 1.165) is 31.2 Å². The summed E-state index contributed by atoms with van der Waals surface area (Å²) in [5.74, 6) is 0.836. The second kappa shape index (κ2) is 9.94. The number of benzene rings is 1. The van der Waals surface area contributed by atoms with E-state index in [1.54, 1.807) is 0 Å². The number of nitrogens with zero attached hydrogens (tertiary/aromatic N) is 3. The molecule has 5 nitrogen and oxygen atoms in total. The van der Waals surface area contributed by atoms with Gasteiger partial charge in [0.15, 0.2) is 5.96 Å². The highest BCUT2D eigenvalue weighted by Crippen LogP contribution is 2.21. The first-order valence-corrected chi connectivity index (χ1v) is 8.84. The fourth-order valence-corrected chi connectivity index (χ4v) is 3.00. The van der Waals surface area contributed by atoms with Crippen LogP contribution in [0.4, 0.5) is 0 Å². The zero-order valence-corrected chi connectivity index (χ0v) is 19.1. The van der Waals surface area contributed by atoms with E-state index in [2.05, 4.69) is 78.8 Å². The van der Waals surface area contributed by atoms with Gasteiger partial charge in [-0.3, -0.25) is 9.67 Å². The van der Waals surface area contributed by atoms with E-state index in [4.69, 9.17) is 0 Å². The molecule has 0 bridgehead atoms. The lowest BCUT2D eigenvalue weighted by molar-refractivity contribution is 0.508. The van der Waals surface area contributed by atoms with Crippen LogP contribution in [0.5, 0.6) is 0 Å². The number of nitrogens with one attached hydrogen (secondary N) is 2. The molecule has 2 aromatic rings. The van der Waals surface area contributed by atoms with E-state index >= 15 is 0 Å². The van der Waals surface area contributed by atoms with E-state index in [-0.39, 0.29) is 29.4 Å². The molecule has 26 heavy (non-hydrogen) atoms. The van der Waals surface area contributed by atoms with E-state index in [1.807, 2.05) is 18.8 Å². The summed E-state index contributed by atoms with van der Waals surface area (Å²) in [7, 11) is 3.80. The van der Waals surface area contributed by atoms with Crippen molar-refractivity contribution in [1.29, 1.82) is 0 Å². The molecular weight excluding hydrogens is 437 g/mol. The largest absolute Gasteiger partial charge is 0.356 e. The molecule has 0 radical (unpaired) electrons. The Labute approximate surface area is 174 Å². The number of aliphatic imine (C=N–C) groups is 1. The molecule has 1 aromatic heterocycles. The topological polar surface area (TPSA) is 54.2 Å². The molecule has 0 atom stereocenters. The van der Waals surface area contributed by atoms with Crippen LogP contribution in [0.2, 0.25) is 0 Å². The number of guanidine groups is 1. The molecule has 144 valence electrons. The molecule has 0 amide bonds. The monoisotopic (exact) mass is 469 g/mol. The summed E-state index contributed by atoms with van der Waals surface area (Å²) in [6.45, 7) is 10.3. The highest BCUT2D eigenvalue weighted by atomic mass is 127. The molecule has 2 N–H and O–H groups in total. The van der Waals surface area contributed by atoms with Gasteiger partial charge in [0.1, 0.15) is 0 Å². The zero-order valence-electron chi connectivity index (χ0n) is 16.8. The molecule has 1 aromatic carbocycles. The fourth-order valence-electron chi connectivity index (χ4n) is 3.00. The van der Waals surface area contributed by atoms with Crippen LogP contribution in [0.15, 0.2) is 35.3 Å². The minimum absolute atomic E-state index is 0. The van der Waals surface area contributed by atoms with Gasteiger partial charge in [0.25, 0.3) is 0 Å². The van der Waals surface area contributed by atoms with Crippen molar-refractivity contribution in [3.8, 4) is 0 Å². The molecule has 0 aliphatic carbocycles. The molecule has 0 aliphatic rings. The fraction of sp³-hybridized carbons (Fsp3) is 0.500. The van der Waals surface area contributed by atoms with Crippen molar-refractivity contribution < 1.29 is 0 Å². The summed E-state index contributed by atoms with van der Waals surface area (Å²) < 4.78 is 1.94. The van der Waals surface area contributed by atoms with Crippen molar-refractivity contribution in [3.63, 3.8) is 0 Å². The summed E-state index contributed by atoms with van der Waals surface area (Å²) in [5, 5.41) is 11.3. The molecule has 1 heterocycles. The van der Waals surface area contributed by atoms with Crippen LogP contribution in [-0.2, 0) is 18.9 Å². The summed E-state index contributed by atoms with van der Waals surface area (Å²) in [4.78, 5) is 4.34. The molecule has 0 unspecified atom stereocenters. The molecular formula is C20H32IN5. The van der Waals surface area contributed by atoms with Crippen molar-refractivity contribution in [2.45, 2.75) is 39.5 Å². The number of rotatable bonds is 6. The predicted molar refractivity (Wildman–Crippen MR) is 121 cm³/mol. The maximum Gasteiger partial charge on any atom is 0.191 e. The average Bonchev–Trinajstić information content (AvgIpc) is 2.84. The van der Waals surface area contributed by atoms with Crippen LogP contribution in [0.3, 0.4) is 0 Å². The highest BCUT2D eigenvalue weighted by Gasteiger charge is 2.20. The minimum Gasteiger partial charge on any atom is -0.356 e. The Morgan fingerprint density at radius 2 is 1.81 bits per heavy atom. The van der Waals surface area contributed by atoms with Crippen LogP contribution in [0.25, 0.3) is 0 Å². The smallest absolute Gasteiger partial charge is 0.191 e. The number of aryl methyl sites for hydroxylation is 2. The van der Waals surface area contributed by atoms with Gasteiger partial charge in [-0.15, -0.1) is 24.0 Å². The van der Waals surface area contributed by atoms with Gasteiger partial charge < -0.3 is 10.6 Å². The second-order valence-electron chi connectivity index (χ2n) is 7.13. The Kier molecular flexibility index (Phi) is 8.59. The lowest BCUT2D eigenvalue weighted by Crippen LogP contribution is -2.44. The Hall–Kier alpha value is -1.57. The lowest BCUT2D eigenvalue weighted by atomic mass is 9.85. The summed E-state index contributed by atoms with van der Waals surface area (Å²) in [6.07, 6.45) is 0.939. The molecule has 0 fully saturated rings. The molecule has 6 heteroatoms. The molecule has 2 rings (SSSR count). The van der Waals surface area contributed by atoms with E-state index < -0.39 is 0 Å². The molecule has 0 saturated carbocycles. The Balaban J connectivity index is 0.00000338. The van der Waals surface area contributed by atoms with E-state index in [1.165, 1.54) is 16.8 Å². The van der Waals surface area contributed by atoms with Crippen molar-refractivity contribution in [2.75, 3.05) is 20.1 Å². The maximum atomic E-state index is 4.47. The third-order valence-electron chi connectivity index (χ3n) is 4.80. The van der Waals surface area contributed by atoms with Gasteiger partial charge in [-0.25, -0.2) is 0 Å². The lowest BCUT2D eigenvalue weighted by Gasteiger charge is -2.26. The minimum atomic E-state index is 0. The number of hydrogen-bond donors (Lipinski definition) is 2. The van der Waals surface area contributed by atoms with E-state index in [9.17, 15) is 0 Å². The van der Waals surface area contributed by atoms with Crippen LogP contribution in [0.1, 0.15) is 36.4 Å². The first-order valence-electron chi connectivity index (χ1n) is 8.84. The first kappa shape index (κ1) is 22.5. The van der Waals surface area contributed by atoms with Gasteiger partial charge in [0.2, 0.25) is 0 Å². The molecule has 0 saturated heterocycles. The molecule has 0 aliphatic heterocycles. The number of hydrogen-bond acceptors (Lipinski definition) is 2.